The Labute approximate surface area is 89.5 Å². The smallest absolute Gasteiger partial charge is 0.0761 e. The minimum Gasteiger partial charge on any atom is -0.311 e. The first kappa shape index (κ1) is 11.5. The molecule has 1 atom stereocenters. The summed E-state index contributed by atoms with van der Waals surface area (Å²) in [6.07, 6.45) is 3.05. The molecule has 1 unspecified atom stereocenters. The molecule has 1 aromatic heterocycles. The van der Waals surface area contributed by atoms with Gasteiger partial charge in [-0.15, -0.1) is 5.10 Å². The Morgan fingerprint density at radius 2 is 2.43 bits per heavy atom. The van der Waals surface area contributed by atoms with Crippen molar-refractivity contribution >= 4 is 11.8 Å². The lowest BCUT2D eigenvalue weighted by molar-refractivity contribution is 0.579. The number of rotatable bonds is 6. The second-order valence-corrected chi connectivity index (χ2v) is 4.35. The van der Waals surface area contributed by atoms with E-state index in [1.165, 1.54) is 12.2 Å². The maximum Gasteiger partial charge on any atom is 0.0761 e. The third-order valence-corrected chi connectivity index (χ3v) is 3.35. The van der Waals surface area contributed by atoms with Crippen molar-refractivity contribution in [3.05, 3.63) is 11.9 Å². The van der Waals surface area contributed by atoms with Gasteiger partial charge in [0.1, 0.15) is 0 Å². The minimum absolute atomic E-state index is 0.353. The number of nitrogens with zero attached hydrogens (tertiary/aromatic N) is 3. The second-order valence-electron chi connectivity index (χ2n) is 3.20. The molecule has 0 aliphatic rings. The zero-order chi connectivity index (χ0) is 10.4. The molecule has 80 valence electrons. The fraction of sp³-hybridized carbons (Fsp3) is 0.778. The van der Waals surface area contributed by atoms with Crippen LogP contribution in [0.25, 0.3) is 0 Å². The minimum atomic E-state index is 0.353. The van der Waals surface area contributed by atoms with Crippen LogP contribution in [-0.4, -0.2) is 33.5 Å². The summed E-state index contributed by atoms with van der Waals surface area (Å²) in [7, 11) is 3.90. The average Bonchev–Trinajstić information content (AvgIpc) is 2.60. The maximum atomic E-state index is 3.93. The summed E-state index contributed by atoms with van der Waals surface area (Å²) in [6, 6.07) is 0.353. The van der Waals surface area contributed by atoms with Crippen LogP contribution < -0.4 is 5.32 Å². The molecule has 0 saturated heterocycles. The van der Waals surface area contributed by atoms with Crippen LogP contribution in [-0.2, 0) is 7.05 Å². The molecule has 4 nitrogen and oxygen atoms in total. The van der Waals surface area contributed by atoms with Crippen molar-refractivity contribution in [2.45, 2.75) is 19.4 Å². The lowest BCUT2D eigenvalue weighted by atomic mass is 10.2. The quantitative estimate of drug-likeness (QED) is 0.723. The summed E-state index contributed by atoms with van der Waals surface area (Å²) in [5.74, 6) is 2.29. The van der Waals surface area contributed by atoms with E-state index in [-0.39, 0.29) is 0 Å². The number of hydrogen-bond acceptors (Lipinski definition) is 4. The van der Waals surface area contributed by atoms with E-state index in [2.05, 4.69) is 22.6 Å². The van der Waals surface area contributed by atoms with E-state index in [1.807, 2.05) is 36.7 Å². The highest BCUT2D eigenvalue weighted by atomic mass is 32.2. The molecule has 0 aromatic carbocycles. The molecule has 0 saturated carbocycles. The van der Waals surface area contributed by atoms with Gasteiger partial charge in [-0.1, -0.05) is 12.1 Å². The van der Waals surface area contributed by atoms with Crippen LogP contribution in [0, 0.1) is 0 Å². The molecule has 0 radical (unpaired) electrons. The monoisotopic (exact) mass is 214 g/mol. The van der Waals surface area contributed by atoms with E-state index in [9.17, 15) is 0 Å². The van der Waals surface area contributed by atoms with Gasteiger partial charge in [-0.05, 0) is 19.2 Å². The number of aryl methyl sites for hydroxylation is 1. The predicted molar refractivity (Wildman–Crippen MR) is 60.4 cm³/mol. The molecule has 5 heteroatoms. The van der Waals surface area contributed by atoms with Crippen molar-refractivity contribution in [3.63, 3.8) is 0 Å². The summed E-state index contributed by atoms with van der Waals surface area (Å²) < 4.78 is 1.83. The van der Waals surface area contributed by atoms with Gasteiger partial charge in [0.15, 0.2) is 0 Å². The molecule has 0 fully saturated rings. The largest absolute Gasteiger partial charge is 0.311 e. The summed E-state index contributed by atoms with van der Waals surface area (Å²) in [5.41, 5.74) is 1.15. The summed E-state index contributed by atoms with van der Waals surface area (Å²) in [6.45, 7) is 2.20. The molecular weight excluding hydrogens is 196 g/mol. The number of thioether (sulfide) groups is 1. The Bertz CT molecular complexity index is 261. The standard InChI is InChI=1S/C9H18N4S/c1-4-5-14-7-8(10-2)9-6-11-12-13(9)3/h6,8,10H,4-5,7H2,1-3H3. The third-order valence-electron chi connectivity index (χ3n) is 2.09. The SMILES string of the molecule is CCCSCC(NC)c1cnnn1C. The number of aromatic nitrogens is 3. The molecule has 1 heterocycles. The summed E-state index contributed by atoms with van der Waals surface area (Å²) in [4.78, 5) is 0. The van der Waals surface area contributed by atoms with Crippen LogP contribution in [0.3, 0.4) is 0 Å². The topological polar surface area (TPSA) is 42.7 Å². The molecular formula is C9H18N4S. The van der Waals surface area contributed by atoms with Crippen LogP contribution in [0.4, 0.5) is 0 Å². The van der Waals surface area contributed by atoms with E-state index in [4.69, 9.17) is 0 Å². The van der Waals surface area contributed by atoms with Crippen LogP contribution in [0.1, 0.15) is 25.1 Å². The fourth-order valence-corrected chi connectivity index (χ4v) is 2.30. The first-order valence-corrected chi connectivity index (χ1v) is 6.04. The highest BCUT2D eigenvalue weighted by molar-refractivity contribution is 7.99. The van der Waals surface area contributed by atoms with Gasteiger partial charge in [0.2, 0.25) is 0 Å². The van der Waals surface area contributed by atoms with Gasteiger partial charge in [0.25, 0.3) is 0 Å². The molecule has 1 rings (SSSR count). The average molecular weight is 214 g/mol. The molecule has 0 aliphatic heterocycles. The van der Waals surface area contributed by atoms with Crippen LogP contribution in [0.5, 0.6) is 0 Å². The second kappa shape index (κ2) is 6.03. The van der Waals surface area contributed by atoms with Crippen LogP contribution in [0.15, 0.2) is 6.20 Å². The summed E-state index contributed by atoms with van der Waals surface area (Å²) >= 11 is 1.96. The van der Waals surface area contributed by atoms with E-state index in [1.54, 1.807) is 0 Å². The van der Waals surface area contributed by atoms with E-state index >= 15 is 0 Å². The van der Waals surface area contributed by atoms with Gasteiger partial charge < -0.3 is 5.32 Å². The van der Waals surface area contributed by atoms with Crippen molar-refractivity contribution in [1.82, 2.24) is 20.3 Å². The van der Waals surface area contributed by atoms with E-state index < -0.39 is 0 Å². The van der Waals surface area contributed by atoms with Gasteiger partial charge in [-0.3, -0.25) is 4.68 Å². The molecule has 0 aliphatic carbocycles. The molecule has 0 amide bonds. The normalized spacial score (nSPS) is 13.1. The molecule has 14 heavy (non-hydrogen) atoms. The highest BCUT2D eigenvalue weighted by Crippen LogP contribution is 2.16. The van der Waals surface area contributed by atoms with Crippen molar-refractivity contribution < 1.29 is 0 Å². The Kier molecular flexibility index (Phi) is 4.97. The third kappa shape index (κ3) is 2.99. The predicted octanol–water partition coefficient (Wildman–Crippen LogP) is 1.22. The van der Waals surface area contributed by atoms with Crippen molar-refractivity contribution in [2.75, 3.05) is 18.6 Å². The van der Waals surface area contributed by atoms with Gasteiger partial charge >= 0.3 is 0 Å². The van der Waals surface area contributed by atoms with Gasteiger partial charge in [0, 0.05) is 12.8 Å². The molecule has 1 N–H and O–H groups in total. The van der Waals surface area contributed by atoms with Crippen molar-refractivity contribution in [3.8, 4) is 0 Å². The lowest BCUT2D eigenvalue weighted by Gasteiger charge is -2.14. The Balaban J connectivity index is 2.50. The van der Waals surface area contributed by atoms with Gasteiger partial charge in [0.05, 0.1) is 17.9 Å². The lowest BCUT2D eigenvalue weighted by Crippen LogP contribution is -2.21. The fourth-order valence-electron chi connectivity index (χ4n) is 1.28. The molecule has 1 aromatic rings. The molecule has 0 spiro atoms. The first-order valence-electron chi connectivity index (χ1n) is 4.89. The summed E-state index contributed by atoms with van der Waals surface area (Å²) in [5, 5.41) is 11.1. The zero-order valence-electron chi connectivity index (χ0n) is 9.03. The van der Waals surface area contributed by atoms with Crippen molar-refractivity contribution in [1.29, 1.82) is 0 Å². The van der Waals surface area contributed by atoms with Gasteiger partial charge in [-0.25, -0.2) is 0 Å². The van der Waals surface area contributed by atoms with Gasteiger partial charge in [-0.2, -0.15) is 11.8 Å². The number of nitrogens with one attached hydrogen (secondary N) is 1. The Hall–Kier alpha value is -0.550. The zero-order valence-corrected chi connectivity index (χ0v) is 9.84. The van der Waals surface area contributed by atoms with Crippen LogP contribution >= 0.6 is 11.8 Å². The van der Waals surface area contributed by atoms with Crippen LogP contribution in [0.2, 0.25) is 0 Å². The molecule has 0 bridgehead atoms. The van der Waals surface area contributed by atoms with Crippen molar-refractivity contribution in [2.24, 2.45) is 7.05 Å². The Morgan fingerprint density at radius 1 is 1.64 bits per heavy atom. The Morgan fingerprint density at radius 3 is 2.93 bits per heavy atom. The van der Waals surface area contributed by atoms with E-state index in [0.29, 0.717) is 6.04 Å². The highest BCUT2D eigenvalue weighted by Gasteiger charge is 2.12. The first-order chi connectivity index (χ1) is 6.79. The number of hydrogen-bond donors (Lipinski definition) is 1. The van der Waals surface area contributed by atoms with E-state index in [0.717, 1.165) is 11.4 Å². The maximum absolute atomic E-state index is 3.93.